The van der Waals surface area contributed by atoms with Crippen molar-refractivity contribution in [3.63, 3.8) is 0 Å². The molecule has 1 saturated carbocycles. The number of rotatable bonds is 4. The number of pyridine rings is 2. The van der Waals surface area contributed by atoms with Crippen molar-refractivity contribution in [2.75, 3.05) is 43.4 Å². The largest absolute Gasteiger partial charge is 0.417 e. The summed E-state index contributed by atoms with van der Waals surface area (Å²) < 4.78 is 40.5. The minimum absolute atomic E-state index is 0.00733. The molecule has 0 atom stereocenters. The summed E-state index contributed by atoms with van der Waals surface area (Å²) in [4.78, 5) is 35.0. The number of hydrogen-bond donors (Lipinski definition) is 1. The topological polar surface area (TPSA) is 86.1 Å². The molecular formula is C26H28F3N7O2. The molecule has 1 aliphatic carbocycles. The van der Waals surface area contributed by atoms with Crippen molar-refractivity contribution in [3.8, 4) is 0 Å². The fourth-order valence-corrected chi connectivity index (χ4v) is 5.89. The van der Waals surface area contributed by atoms with Crippen LogP contribution in [0.25, 0.3) is 5.52 Å². The Balaban J connectivity index is 1.03. The van der Waals surface area contributed by atoms with Gasteiger partial charge in [-0.05, 0) is 43.9 Å². The predicted octanol–water partition coefficient (Wildman–Crippen LogP) is 4.12. The van der Waals surface area contributed by atoms with Gasteiger partial charge in [0.2, 0.25) is 0 Å². The monoisotopic (exact) mass is 527 g/mol. The average molecular weight is 528 g/mol. The van der Waals surface area contributed by atoms with Gasteiger partial charge in [0, 0.05) is 50.9 Å². The smallest absolute Gasteiger partial charge is 0.370 e. The maximum atomic E-state index is 13.2. The number of halogens is 3. The number of hydrogen-bond acceptors (Lipinski definition) is 5. The van der Waals surface area contributed by atoms with Crippen LogP contribution in [0.3, 0.4) is 0 Å². The molecule has 3 aromatic heterocycles. The molecular weight excluding hydrogens is 499 g/mol. The van der Waals surface area contributed by atoms with Crippen LogP contribution in [0.1, 0.15) is 41.6 Å². The molecule has 2 aliphatic heterocycles. The molecule has 2 saturated heterocycles. The van der Waals surface area contributed by atoms with Gasteiger partial charge < -0.3 is 20.0 Å². The highest BCUT2D eigenvalue weighted by Gasteiger charge is 2.55. The lowest BCUT2D eigenvalue weighted by Gasteiger charge is -2.60. The second-order valence-corrected chi connectivity index (χ2v) is 10.7. The van der Waals surface area contributed by atoms with Crippen LogP contribution in [0, 0.1) is 5.41 Å². The maximum absolute atomic E-state index is 13.2. The summed E-state index contributed by atoms with van der Waals surface area (Å²) in [7, 11) is 1.63. The Hall–Kier alpha value is -3.83. The van der Waals surface area contributed by atoms with Crippen LogP contribution in [-0.4, -0.2) is 75.6 Å². The summed E-state index contributed by atoms with van der Waals surface area (Å²) in [5.74, 6) is -0.0499. The summed E-state index contributed by atoms with van der Waals surface area (Å²) >= 11 is 0. The Morgan fingerprint density at radius 1 is 1.11 bits per heavy atom. The molecule has 0 radical (unpaired) electrons. The van der Waals surface area contributed by atoms with Gasteiger partial charge in [-0.25, -0.2) is 9.31 Å². The minimum atomic E-state index is -4.53. The van der Waals surface area contributed by atoms with E-state index in [0.29, 0.717) is 18.7 Å². The van der Waals surface area contributed by atoms with E-state index in [-0.39, 0.29) is 23.1 Å². The number of nitrogens with one attached hydrogen (secondary N) is 1. The lowest BCUT2D eigenvalue weighted by atomic mass is 9.60. The molecule has 0 unspecified atom stereocenters. The first-order chi connectivity index (χ1) is 18.1. The van der Waals surface area contributed by atoms with Gasteiger partial charge in [-0.2, -0.15) is 18.3 Å². The Morgan fingerprint density at radius 2 is 1.84 bits per heavy atom. The quantitative estimate of drug-likeness (QED) is 0.552. The molecule has 3 amide bonds. The van der Waals surface area contributed by atoms with Gasteiger partial charge in [0.05, 0.1) is 46.6 Å². The lowest BCUT2D eigenvalue weighted by Crippen LogP contribution is -2.67. The van der Waals surface area contributed by atoms with Crippen molar-refractivity contribution < 1.29 is 22.8 Å². The van der Waals surface area contributed by atoms with E-state index >= 15 is 0 Å². The zero-order chi connectivity index (χ0) is 26.7. The number of alkyl halides is 3. The number of likely N-dealkylation sites (tertiary alicyclic amines) is 1. The van der Waals surface area contributed by atoms with E-state index < -0.39 is 17.8 Å². The SMILES string of the molecule is CN(C(=O)Nc1cncc(C(F)(F)F)c1)C1CC2(C1)CN(C(=O)c1cnn3cc(N4CCCC4)ccc13)C2. The van der Waals surface area contributed by atoms with Gasteiger partial charge in [0.25, 0.3) is 5.91 Å². The summed E-state index contributed by atoms with van der Waals surface area (Å²) in [6.07, 6.45) is 4.81. The number of anilines is 2. The van der Waals surface area contributed by atoms with Crippen molar-refractivity contribution >= 4 is 28.8 Å². The molecule has 3 fully saturated rings. The van der Waals surface area contributed by atoms with Gasteiger partial charge in [-0.1, -0.05) is 0 Å². The molecule has 9 nitrogen and oxygen atoms in total. The van der Waals surface area contributed by atoms with Gasteiger partial charge >= 0.3 is 12.2 Å². The fourth-order valence-electron chi connectivity index (χ4n) is 5.89. The number of urea groups is 1. The highest BCUT2D eigenvalue weighted by atomic mass is 19.4. The number of fused-ring (bicyclic) bond motifs is 1. The second kappa shape index (κ2) is 8.88. The Morgan fingerprint density at radius 3 is 2.55 bits per heavy atom. The second-order valence-electron chi connectivity index (χ2n) is 10.7. The first-order valence-electron chi connectivity index (χ1n) is 12.7. The minimum Gasteiger partial charge on any atom is -0.370 e. The molecule has 12 heteroatoms. The van der Waals surface area contributed by atoms with E-state index in [1.165, 1.54) is 23.9 Å². The summed E-state index contributed by atoms with van der Waals surface area (Å²) in [5.41, 5.74) is 1.52. The first-order valence-corrected chi connectivity index (χ1v) is 12.7. The summed E-state index contributed by atoms with van der Waals surface area (Å²) in [5, 5.41) is 6.91. The van der Waals surface area contributed by atoms with Crippen LogP contribution < -0.4 is 10.2 Å². The summed E-state index contributed by atoms with van der Waals surface area (Å²) in [6.45, 7) is 3.29. The van der Waals surface area contributed by atoms with E-state index in [9.17, 15) is 22.8 Å². The number of amides is 3. The van der Waals surface area contributed by atoms with Crippen LogP contribution >= 0.6 is 0 Å². The van der Waals surface area contributed by atoms with E-state index in [0.717, 1.165) is 49.4 Å². The molecule has 6 rings (SSSR count). The summed E-state index contributed by atoms with van der Waals surface area (Å²) in [6, 6.07) is 4.33. The molecule has 200 valence electrons. The van der Waals surface area contributed by atoms with E-state index in [1.807, 2.05) is 23.2 Å². The van der Waals surface area contributed by atoms with Crippen molar-refractivity contribution in [2.24, 2.45) is 5.41 Å². The van der Waals surface area contributed by atoms with Crippen LogP contribution in [0.5, 0.6) is 0 Å². The third kappa shape index (κ3) is 4.31. The molecule has 0 bridgehead atoms. The number of aromatic nitrogens is 3. The van der Waals surface area contributed by atoms with Crippen molar-refractivity contribution in [2.45, 2.75) is 37.9 Å². The third-order valence-electron chi connectivity index (χ3n) is 8.06. The number of nitrogens with zero attached hydrogens (tertiary/aromatic N) is 6. The molecule has 3 aromatic rings. The Bertz CT molecular complexity index is 1380. The molecule has 38 heavy (non-hydrogen) atoms. The zero-order valence-corrected chi connectivity index (χ0v) is 20.9. The Kier molecular flexibility index (Phi) is 5.73. The number of carbonyl (C=O) groups is 2. The molecule has 5 heterocycles. The third-order valence-corrected chi connectivity index (χ3v) is 8.06. The van der Waals surface area contributed by atoms with Crippen LogP contribution in [-0.2, 0) is 6.18 Å². The molecule has 1 spiro atoms. The Labute approximate surface area is 217 Å². The van der Waals surface area contributed by atoms with Crippen molar-refractivity contribution in [3.05, 3.63) is 54.1 Å². The number of carbonyl (C=O) groups excluding carboxylic acids is 2. The normalized spacial score (nSPS) is 18.9. The highest BCUT2D eigenvalue weighted by Crippen LogP contribution is 2.50. The molecule has 0 aromatic carbocycles. The van der Waals surface area contributed by atoms with Gasteiger partial charge in [-0.15, -0.1) is 0 Å². The van der Waals surface area contributed by atoms with Crippen molar-refractivity contribution in [1.29, 1.82) is 0 Å². The van der Waals surface area contributed by atoms with Gasteiger partial charge in [0.15, 0.2) is 0 Å². The van der Waals surface area contributed by atoms with Crippen molar-refractivity contribution in [1.82, 2.24) is 24.4 Å². The fraction of sp³-hybridized carbons (Fsp3) is 0.462. The van der Waals surface area contributed by atoms with Crippen LogP contribution in [0.2, 0.25) is 0 Å². The average Bonchev–Trinajstić information content (AvgIpc) is 3.51. The molecule has 3 aliphatic rings. The van der Waals surface area contributed by atoms with Crippen LogP contribution in [0.4, 0.5) is 29.3 Å². The maximum Gasteiger partial charge on any atom is 0.417 e. The zero-order valence-electron chi connectivity index (χ0n) is 20.9. The van der Waals surface area contributed by atoms with E-state index in [2.05, 4.69) is 20.3 Å². The molecule has 1 N–H and O–H groups in total. The van der Waals surface area contributed by atoms with E-state index in [4.69, 9.17) is 0 Å². The predicted molar refractivity (Wildman–Crippen MR) is 134 cm³/mol. The van der Waals surface area contributed by atoms with Gasteiger partial charge in [-0.3, -0.25) is 9.78 Å². The van der Waals surface area contributed by atoms with Gasteiger partial charge in [0.1, 0.15) is 0 Å². The van der Waals surface area contributed by atoms with E-state index in [1.54, 1.807) is 17.8 Å². The standard InChI is InChI=1S/C26H28F3N7O2/c1-33(24(38)32-18-8-17(11-30-12-18)26(27,28)29)20-9-25(10-20)15-35(16-25)23(37)21-13-31-36-14-19(4-5-22(21)36)34-6-2-3-7-34/h4-5,8,11-14,20H,2-3,6-7,9-10,15-16H2,1H3,(H,32,38). The lowest BCUT2D eigenvalue weighted by molar-refractivity contribution is -0.137. The first kappa shape index (κ1) is 24.5. The van der Waals surface area contributed by atoms with Crippen LogP contribution in [0.15, 0.2) is 43.0 Å². The highest BCUT2D eigenvalue weighted by molar-refractivity contribution is 6.01.